The second-order valence-corrected chi connectivity index (χ2v) is 5.79. The van der Waals surface area contributed by atoms with Crippen LogP contribution in [-0.2, 0) is 12.8 Å². The van der Waals surface area contributed by atoms with Crippen LogP contribution in [0, 0.1) is 5.92 Å². The molecule has 0 bridgehead atoms. The van der Waals surface area contributed by atoms with Gasteiger partial charge in [0.15, 0.2) is 0 Å². The molecule has 1 saturated heterocycles. The molecule has 0 amide bonds. The van der Waals surface area contributed by atoms with E-state index in [-0.39, 0.29) is 0 Å². The second-order valence-electron chi connectivity index (χ2n) is 5.79. The molecule has 1 heterocycles. The van der Waals surface area contributed by atoms with Crippen LogP contribution >= 0.6 is 0 Å². The van der Waals surface area contributed by atoms with Gasteiger partial charge in [0, 0.05) is 6.54 Å². The third kappa shape index (κ3) is 4.43. The van der Waals surface area contributed by atoms with Gasteiger partial charge >= 0.3 is 0 Å². The molecule has 1 fully saturated rings. The number of nitrogens with one attached hydrogen (secondary N) is 1. The maximum absolute atomic E-state index is 3.49. The van der Waals surface area contributed by atoms with Crippen molar-refractivity contribution in [2.75, 3.05) is 33.7 Å². The summed E-state index contributed by atoms with van der Waals surface area (Å²) < 4.78 is 0. The van der Waals surface area contributed by atoms with Gasteiger partial charge in [-0.05, 0) is 69.9 Å². The maximum Gasteiger partial charge on any atom is 0.00157 e. The fourth-order valence-corrected chi connectivity index (χ4v) is 2.63. The maximum atomic E-state index is 3.49. The Labute approximate surface area is 111 Å². The lowest BCUT2D eigenvalue weighted by Gasteiger charge is -2.22. The molecule has 0 radical (unpaired) electrons. The summed E-state index contributed by atoms with van der Waals surface area (Å²) in [5, 5.41) is 3.49. The van der Waals surface area contributed by atoms with Crippen LogP contribution in [-0.4, -0.2) is 38.6 Å². The van der Waals surface area contributed by atoms with Gasteiger partial charge in [0.25, 0.3) is 0 Å². The monoisotopic (exact) mass is 246 g/mol. The molecule has 2 rings (SSSR count). The Hall–Kier alpha value is -0.860. The molecule has 18 heavy (non-hydrogen) atoms. The van der Waals surface area contributed by atoms with Crippen LogP contribution in [0.15, 0.2) is 24.3 Å². The van der Waals surface area contributed by atoms with Crippen molar-refractivity contribution in [3.63, 3.8) is 0 Å². The molecule has 2 nitrogen and oxygen atoms in total. The lowest BCUT2D eigenvalue weighted by atomic mass is 9.92. The standard InChI is InChI=1S/C16H26N2/c1-18(2)11-9-14-5-7-15(8-6-14)12-16-4-3-10-17-13-16/h5-8,16-17H,3-4,9-13H2,1-2H3. The molecule has 0 saturated carbocycles. The Balaban J connectivity index is 1.83. The van der Waals surface area contributed by atoms with Crippen molar-refractivity contribution < 1.29 is 0 Å². The summed E-state index contributed by atoms with van der Waals surface area (Å²) in [7, 11) is 4.26. The fourth-order valence-electron chi connectivity index (χ4n) is 2.63. The highest BCUT2D eigenvalue weighted by Gasteiger charge is 2.13. The molecular formula is C16H26N2. The van der Waals surface area contributed by atoms with Gasteiger partial charge in [0.05, 0.1) is 0 Å². The molecule has 2 heteroatoms. The first-order valence-corrected chi connectivity index (χ1v) is 7.17. The molecule has 100 valence electrons. The summed E-state index contributed by atoms with van der Waals surface area (Å²) >= 11 is 0. The number of hydrogen-bond acceptors (Lipinski definition) is 2. The Morgan fingerprint density at radius 1 is 1.17 bits per heavy atom. The lowest BCUT2D eigenvalue weighted by Crippen LogP contribution is -2.30. The Morgan fingerprint density at radius 3 is 2.50 bits per heavy atom. The molecule has 1 unspecified atom stereocenters. The van der Waals surface area contributed by atoms with Crippen LogP contribution < -0.4 is 5.32 Å². The average Bonchev–Trinajstić information content (AvgIpc) is 2.39. The third-order valence-corrected chi connectivity index (χ3v) is 3.79. The zero-order valence-corrected chi connectivity index (χ0v) is 11.8. The van der Waals surface area contributed by atoms with E-state index in [0.29, 0.717) is 0 Å². The van der Waals surface area contributed by atoms with Crippen LogP contribution in [0.5, 0.6) is 0 Å². The van der Waals surface area contributed by atoms with Gasteiger partial charge in [-0.2, -0.15) is 0 Å². The third-order valence-electron chi connectivity index (χ3n) is 3.79. The second kappa shape index (κ2) is 6.91. The van der Waals surface area contributed by atoms with E-state index in [1.165, 1.54) is 43.5 Å². The topological polar surface area (TPSA) is 15.3 Å². The van der Waals surface area contributed by atoms with Crippen LogP contribution in [0.25, 0.3) is 0 Å². The minimum absolute atomic E-state index is 0.839. The van der Waals surface area contributed by atoms with Crippen molar-refractivity contribution in [2.45, 2.75) is 25.7 Å². The summed E-state index contributed by atoms with van der Waals surface area (Å²) in [5.74, 6) is 0.839. The Bertz CT molecular complexity index is 337. The van der Waals surface area contributed by atoms with E-state index in [0.717, 1.165) is 18.9 Å². The van der Waals surface area contributed by atoms with E-state index in [1.54, 1.807) is 0 Å². The number of nitrogens with zero attached hydrogens (tertiary/aromatic N) is 1. The molecule has 1 aromatic carbocycles. The summed E-state index contributed by atoms with van der Waals surface area (Å²) in [6, 6.07) is 9.24. The minimum atomic E-state index is 0.839. The van der Waals surface area contributed by atoms with Gasteiger partial charge in [-0.3, -0.25) is 0 Å². The van der Waals surface area contributed by atoms with Gasteiger partial charge in [-0.1, -0.05) is 24.3 Å². The fraction of sp³-hybridized carbons (Fsp3) is 0.625. The highest BCUT2D eigenvalue weighted by Crippen LogP contribution is 2.17. The zero-order chi connectivity index (χ0) is 12.8. The summed E-state index contributed by atoms with van der Waals surface area (Å²) in [5.41, 5.74) is 2.95. The quantitative estimate of drug-likeness (QED) is 0.858. The number of piperidine rings is 1. The number of benzene rings is 1. The van der Waals surface area contributed by atoms with Gasteiger partial charge in [-0.25, -0.2) is 0 Å². The van der Waals surface area contributed by atoms with E-state index in [4.69, 9.17) is 0 Å². The van der Waals surface area contributed by atoms with Crippen LogP contribution in [0.2, 0.25) is 0 Å². The zero-order valence-electron chi connectivity index (χ0n) is 11.8. The van der Waals surface area contributed by atoms with Crippen molar-refractivity contribution in [2.24, 2.45) is 5.92 Å². The van der Waals surface area contributed by atoms with Crippen molar-refractivity contribution in [1.29, 1.82) is 0 Å². The molecule has 0 aromatic heterocycles. The van der Waals surface area contributed by atoms with Gasteiger partial charge < -0.3 is 10.2 Å². The summed E-state index contributed by atoms with van der Waals surface area (Å²) in [4.78, 5) is 2.24. The van der Waals surface area contributed by atoms with E-state index in [9.17, 15) is 0 Å². The summed E-state index contributed by atoms with van der Waals surface area (Å²) in [6.07, 6.45) is 5.11. The van der Waals surface area contributed by atoms with Crippen molar-refractivity contribution >= 4 is 0 Å². The average molecular weight is 246 g/mol. The van der Waals surface area contributed by atoms with Gasteiger partial charge in [0.2, 0.25) is 0 Å². The normalized spacial score (nSPS) is 20.3. The number of hydrogen-bond donors (Lipinski definition) is 1. The predicted molar refractivity (Wildman–Crippen MR) is 78.0 cm³/mol. The smallest absolute Gasteiger partial charge is 0.00157 e. The van der Waals surface area contributed by atoms with Crippen LogP contribution in [0.1, 0.15) is 24.0 Å². The Kier molecular flexibility index (Phi) is 5.21. The van der Waals surface area contributed by atoms with E-state index >= 15 is 0 Å². The summed E-state index contributed by atoms with van der Waals surface area (Å²) in [6.45, 7) is 3.54. The molecule has 1 atom stereocenters. The molecular weight excluding hydrogens is 220 g/mol. The predicted octanol–water partition coefficient (Wildman–Crippen LogP) is 2.33. The first-order chi connectivity index (χ1) is 8.74. The van der Waals surface area contributed by atoms with Crippen molar-refractivity contribution in [3.05, 3.63) is 35.4 Å². The highest BCUT2D eigenvalue weighted by molar-refractivity contribution is 5.23. The van der Waals surface area contributed by atoms with E-state index in [2.05, 4.69) is 48.6 Å². The van der Waals surface area contributed by atoms with Gasteiger partial charge in [-0.15, -0.1) is 0 Å². The molecule has 1 aromatic rings. The largest absolute Gasteiger partial charge is 0.316 e. The first-order valence-electron chi connectivity index (χ1n) is 7.17. The highest BCUT2D eigenvalue weighted by atomic mass is 15.0. The molecule has 1 aliphatic rings. The van der Waals surface area contributed by atoms with Crippen LogP contribution in [0.3, 0.4) is 0 Å². The minimum Gasteiger partial charge on any atom is -0.316 e. The van der Waals surface area contributed by atoms with E-state index in [1.807, 2.05) is 0 Å². The first kappa shape index (κ1) is 13.6. The van der Waals surface area contributed by atoms with E-state index < -0.39 is 0 Å². The Morgan fingerprint density at radius 2 is 1.89 bits per heavy atom. The number of likely N-dealkylation sites (N-methyl/N-ethyl adjacent to an activating group) is 1. The SMILES string of the molecule is CN(C)CCc1ccc(CC2CCCNC2)cc1. The van der Waals surface area contributed by atoms with Crippen molar-refractivity contribution in [1.82, 2.24) is 10.2 Å². The van der Waals surface area contributed by atoms with Crippen molar-refractivity contribution in [3.8, 4) is 0 Å². The molecule has 0 aliphatic carbocycles. The van der Waals surface area contributed by atoms with Gasteiger partial charge in [0.1, 0.15) is 0 Å². The molecule has 1 N–H and O–H groups in total. The lowest BCUT2D eigenvalue weighted by molar-refractivity contribution is 0.376. The number of rotatable bonds is 5. The van der Waals surface area contributed by atoms with Crippen LogP contribution in [0.4, 0.5) is 0 Å². The molecule has 0 spiro atoms. The molecule has 1 aliphatic heterocycles.